The zero-order valence-electron chi connectivity index (χ0n) is 13.6. The molecule has 0 radical (unpaired) electrons. The predicted molar refractivity (Wildman–Crippen MR) is 73.1 cm³/mol. The van der Waals surface area contributed by atoms with Crippen LogP contribution >= 0.6 is 0 Å². The van der Waals surface area contributed by atoms with Gasteiger partial charge in [-0.3, -0.25) is 0 Å². The molecule has 0 aliphatic rings. The van der Waals surface area contributed by atoms with Crippen molar-refractivity contribution < 1.29 is 78.3 Å². The van der Waals surface area contributed by atoms with E-state index >= 15 is 0 Å². The molecule has 0 aliphatic carbocycles. The molecule has 0 atom stereocenters. The first kappa shape index (κ1) is 46.5. The minimum atomic E-state index is -3.51. The van der Waals surface area contributed by atoms with Crippen molar-refractivity contribution in [3.63, 3.8) is 0 Å². The van der Waals surface area contributed by atoms with Crippen molar-refractivity contribution in [3.8, 4) is 0 Å². The molecule has 0 aliphatic heterocycles. The summed E-state index contributed by atoms with van der Waals surface area (Å²) in [5.74, 6) is 0. The summed E-state index contributed by atoms with van der Waals surface area (Å²) < 4.78 is 87.7. The molecule has 29 heavy (non-hydrogen) atoms. The van der Waals surface area contributed by atoms with Crippen molar-refractivity contribution in [1.29, 1.82) is 0 Å². The van der Waals surface area contributed by atoms with Gasteiger partial charge in [0.1, 0.15) is 0 Å². The first-order valence-electron chi connectivity index (χ1n) is 4.62. The molecular weight excluding hydrogens is 537 g/mol. The molecule has 0 aromatic carbocycles. The van der Waals surface area contributed by atoms with E-state index in [1.165, 1.54) is 0 Å². The molecular formula is Al2Be3O18Si6. The topological polar surface area (TPSA) is 312 Å². The molecule has 0 saturated heterocycles. The fourth-order valence-corrected chi connectivity index (χ4v) is 1.93. The second-order valence-corrected chi connectivity index (χ2v) is 9.04. The molecule has 0 amide bonds. The molecule has 0 N–H and O–H groups in total. The van der Waals surface area contributed by atoms with Crippen LogP contribution in [0.3, 0.4) is 0 Å². The molecule has 29 heteroatoms. The van der Waals surface area contributed by atoms with Gasteiger partial charge in [0.2, 0.25) is 0 Å². The average Bonchev–Trinajstić information content (AvgIpc) is 2.36. The van der Waals surface area contributed by atoms with Crippen molar-refractivity contribution in [2.24, 2.45) is 0 Å². The molecule has 0 fully saturated rings. The third-order valence-corrected chi connectivity index (χ3v) is 5.60. The first-order valence-corrected chi connectivity index (χ1v) is 13.9. The van der Waals surface area contributed by atoms with Crippen LogP contribution < -0.4 is 28.8 Å². The Kier molecular flexibility index (Phi) is 55.7. The first-order chi connectivity index (χ1) is 11.8. The van der Waals surface area contributed by atoms with Crippen LogP contribution in [-0.2, 0) is 49.6 Å². The third-order valence-electron chi connectivity index (χ3n) is 0.622. The molecule has 0 unspecified atom stereocenters. The summed E-state index contributed by atoms with van der Waals surface area (Å²) in [5, 5.41) is 0. The fourth-order valence-electron chi connectivity index (χ4n) is 0.215. The fraction of sp³-hybridized carbons (Fsp3) is 0. The summed E-state index contributed by atoms with van der Waals surface area (Å²) in [7, 11) is -20.4. The molecule has 144 valence electrons. The van der Waals surface area contributed by atoms with Gasteiger partial charge in [-0.15, -0.1) is 0 Å². The zero-order chi connectivity index (χ0) is 21.7. The van der Waals surface area contributed by atoms with Crippen LogP contribution in [0.4, 0.5) is 0 Å². The zero-order valence-corrected chi connectivity index (χ0v) is 21.9. The van der Waals surface area contributed by atoms with E-state index in [0.717, 1.165) is 0 Å². The van der Waals surface area contributed by atoms with Crippen LogP contribution in [-0.4, -0.2) is 116 Å². The van der Waals surface area contributed by atoms with Crippen LogP contribution in [0.1, 0.15) is 0 Å². The van der Waals surface area contributed by atoms with E-state index in [9.17, 15) is 63.2 Å². The summed E-state index contributed by atoms with van der Waals surface area (Å²) in [4.78, 5) is 55.7. The van der Waals surface area contributed by atoms with Crippen LogP contribution in [0.15, 0.2) is 0 Å². The second kappa shape index (κ2) is 34.8. The molecule has 0 bridgehead atoms. The van der Waals surface area contributed by atoms with E-state index < -0.39 is 86.0 Å². The Balaban J connectivity index is -0.0000000431. The van der Waals surface area contributed by atoms with Crippen molar-refractivity contribution in [2.75, 3.05) is 0 Å². The van der Waals surface area contributed by atoms with Crippen LogP contribution in [0.5, 0.6) is 0 Å². The van der Waals surface area contributed by atoms with Gasteiger partial charge in [-0.25, -0.2) is 0 Å². The number of hydrogen-bond acceptors (Lipinski definition) is 18. The number of rotatable bonds is 8. The van der Waals surface area contributed by atoms with Gasteiger partial charge in [-0.1, -0.05) is 0 Å². The molecule has 0 heterocycles. The van der Waals surface area contributed by atoms with E-state index in [0.29, 0.717) is 0 Å². The van der Waals surface area contributed by atoms with Crippen molar-refractivity contribution >= 4 is 116 Å². The second-order valence-electron chi connectivity index (χ2n) is 2.13. The molecule has 0 aromatic rings. The van der Waals surface area contributed by atoms with Crippen molar-refractivity contribution in [1.82, 2.24) is 0 Å². The van der Waals surface area contributed by atoms with E-state index in [-0.39, 0.29) is 30.4 Å². The Morgan fingerprint density at radius 2 is 0.621 bits per heavy atom. The Labute approximate surface area is 194 Å². The van der Waals surface area contributed by atoms with Gasteiger partial charge in [0.15, 0.2) is 0 Å². The molecule has 0 aromatic heterocycles. The van der Waals surface area contributed by atoms with Crippen LogP contribution in [0.2, 0.25) is 0 Å². The number of hydrogen-bond donors (Lipinski definition) is 0. The van der Waals surface area contributed by atoms with Crippen LogP contribution in [0, 0.1) is 0 Å². The third kappa shape index (κ3) is 98.9. The predicted octanol–water partition coefficient (Wildman–Crippen LogP) is -12.5. The van der Waals surface area contributed by atoms with Gasteiger partial charge in [-0.05, 0) is 0 Å². The molecule has 0 saturated carbocycles. The average molecular weight is 537 g/mol. The van der Waals surface area contributed by atoms with Gasteiger partial charge in [0, 0.05) is 0 Å². The summed E-state index contributed by atoms with van der Waals surface area (Å²) in [6.45, 7) is 0. The van der Waals surface area contributed by atoms with Crippen molar-refractivity contribution in [3.05, 3.63) is 0 Å². The van der Waals surface area contributed by atoms with E-state index in [4.69, 9.17) is 0 Å². The van der Waals surface area contributed by atoms with Gasteiger partial charge < -0.3 is 45.3 Å². The Bertz CT molecular complexity index is 454. The molecule has 0 rings (SSSR count). The van der Waals surface area contributed by atoms with Gasteiger partial charge in [-0.2, -0.15) is 0 Å². The minimum absolute atomic E-state index is 0. The van der Waals surface area contributed by atoms with E-state index in [2.05, 4.69) is 15.2 Å². The summed E-state index contributed by atoms with van der Waals surface area (Å²) in [6.07, 6.45) is 0. The monoisotopic (exact) mass is 537 g/mol. The van der Waals surface area contributed by atoms with E-state index in [1.54, 1.807) is 0 Å². The van der Waals surface area contributed by atoms with Crippen LogP contribution in [0.25, 0.3) is 0 Å². The Morgan fingerprint density at radius 3 is 0.621 bits per heavy atom. The van der Waals surface area contributed by atoms with Gasteiger partial charge in [0.05, 0.1) is 0 Å². The molecule has 0 spiro atoms. The Hall–Kier alpha value is -0.727. The normalized spacial score (nSPS) is 6.07. The maximum absolute atomic E-state index is 9.29. The van der Waals surface area contributed by atoms with Gasteiger partial charge >= 0.3 is 149 Å². The van der Waals surface area contributed by atoms with Gasteiger partial charge in [0.25, 0.3) is 0 Å². The summed E-state index contributed by atoms with van der Waals surface area (Å²) >= 11 is -3.15. The molecule has 18 nitrogen and oxygen atoms in total. The SMILES string of the molecule is O=[Si]([O-])O[Si](=O)[O-].O=[Si]([O-])O[Si](=O)[O-].[Be+2].[Be+2].[Be+2].[O]=[Al][O][Si](=O)[O-].[O]=[Al][O][Si](=O)[O-]. The maximum atomic E-state index is 9.29. The van der Waals surface area contributed by atoms with Crippen molar-refractivity contribution in [2.45, 2.75) is 0 Å². The Morgan fingerprint density at radius 1 is 0.448 bits per heavy atom. The quantitative estimate of drug-likeness (QED) is 0.259. The van der Waals surface area contributed by atoms with E-state index in [1.807, 2.05) is 0 Å². The summed E-state index contributed by atoms with van der Waals surface area (Å²) in [6, 6.07) is 0. The summed E-state index contributed by atoms with van der Waals surface area (Å²) in [5.41, 5.74) is 0. The standard InChI is InChI=1S/2Al.3Be.2O5Si2.2O3Si.2O/c;;;;;2*1-6(2)5-7(3)4;2*1-4(2)3;;/q2*+1;3*+2;4*-2;;.